The first-order chi connectivity index (χ1) is 11.5. The van der Waals surface area contributed by atoms with E-state index >= 15 is 0 Å². The largest absolute Gasteiger partial charge is 0.365 e. The van der Waals surface area contributed by atoms with Crippen LogP contribution in [0.5, 0.6) is 0 Å². The molecule has 0 unspecified atom stereocenters. The van der Waals surface area contributed by atoms with Gasteiger partial charge in [0, 0.05) is 12.6 Å². The van der Waals surface area contributed by atoms with Crippen LogP contribution in [0.25, 0.3) is 0 Å². The summed E-state index contributed by atoms with van der Waals surface area (Å²) in [6, 6.07) is 0.0666. The Labute approximate surface area is 144 Å². The van der Waals surface area contributed by atoms with E-state index in [2.05, 4.69) is 23.8 Å². The van der Waals surface area contributed by atoms with E-state index < -0.39 is 12.2 Å². The molecule has 0 spiro atoms. The second-order valence-electron chi connectivity index (χ2n) is 6.08. The van der Waals surface area contributed by atoms with E-state index in [1.165, 1.54) is 0 Å². The van der Waals surface area contributed by atoms with E-state index in [0.717, 1.165) is 19.3 Å². The fourth-order valence-corrected chi connectivity index (χ4v) is 2.72. The van der Waals surface area contributed by atoms with Gasteiger partial charge in [0.2, 0.25) is 11.8 Å². The van der Waals surface area contributed by atoms with Gasteiger partial charge in [0.25, 0.3) is 0 Å². The number of carbonyl (C=O) groups is 2. The monoisotopic (exact) mass is 338 g/mol. The van der Waals surface area contributed by atoms with Gasteiger partial charge in [-0.2, -0.15) is 0 Å². The van der Waals surface area contributed by atoms with Gasteiger partial charge in [-0.1, -0.05) is 18.6 Å². The molecule has 0 saturated heterocycles. The predicted octanol–water partition coefficient (Wildman–Crippen LogP) is 1.57. The highest BCUT2D eigenvalue weighted by molar-refractivity contribution is 5.81. The zero-order chi connectivity index (χ0) is 17.9. The molecule has 6 nitrogen and oxygen atoms in total. The number of nitrogens with one attached hydrogen (secondary N) is 2. The van der Waals surface area contributed by atoms with Crippen molar-refractivity contribution < 1.29 is 19.1 Å². The molecule has 0 heterocycles. The van der Waals surface area contributed by atoms with E-state index in [1.54, 1.807) is 26.0 Å². The van der Waals surface area contributed by atoms with Crippen molar-refractivity contribution in [1.29, 1.82) is 0 Å². The van der Waals surface area contributed by atoms with Crippen molar-refractivity contribution >= 4 is 11.8 Å². The zero-order valence-electron chi connectivity index (χ0n) is 14.8. The minimum absolute atomic E-state index is 0.0666. The minimum Gasteiger partial charge on any atom is -0.365 e. The van der Waals surface area contributed by atoms with Crippen LogP contribution in [-0.4, -0.2) is 49.8 Å². The quantitative estimate of drug-likeness (QED) is 0.561. The zero-order valence-corrected chi connectivity index (χ0v) is 14.8. The Bertz CT molecular complexity index is 439. The Morgan fingerprint density at radius 1 is 1.08 bits per heavy atom. The molecule has 1 rings (SSSR count). The SMILES string of the molecule is C=CCO[C@@H](C)C(=O)N[C@H]1CCC[C@H]1CNC(=O)[C@@H](C)OCC=C. The van der Waals surface area contributed by atoms with Crippen LogP contribution >= 0.6 is 0 Å². The molecule has 4 atom stereocenters. The number of carbonyl (C=O) groups excluding carboxylic acids is 2. The van der Waals surface area contributed by atoms with Gasteiger partial charge < -0.3 is 20.1 Å². The lowest BCUT2D eigenvalue weighted by Crippen LogP contribution is -2.46. The standard InChI is InChI=1S/C18H30N2O4/c1-5-10-23-13(3)17(21)19-12-15-8-7-9-16(15)20-18(22)14(4)24-11-6-2/h5-6,13-16H,1-2,7-12H2,3-4H3,(H,19,21)(H,20,22)/t13-,14+,15+,16+/m1/s1. The summed E-state index contributed by atoms with van der Waals surface area (Å²) < 4.78 is 10.6. The van der Waals surface area contributed by atoms with Crippen molar-refractivity contribution in [3.8, 4) is 0 Å². The molecule has 6 heteroatoms. The topological polar surface area (TPSA) is 76.7 Å². The molecular formula is C18H30N2O4. The van der Waals surface area contributed by atoms with Crippen LogP contribution < -0.4 is 10.6 Å². The average Bonchev–Trinajstić information content (AvgIpc) is 3.02. The molecule has 24 heavy (non-hydrogen) atoms. The van der Waals surface area contributed by atoms with Gasteiger partial charge in [-0.15, -0.1) is 13.2 Å². The molecule has 136 valence electrons. The molecule has 1 saturated carbocycles. The van der Waals surface area contributed by atoms with Crippen molar-refractivity contribution in [3.05, 3.63) is 25.3 Å². The van der Waals surface area contributed by atoms with E-state index in [9.17, 15) is 9.59 Å². The normalized spacial score (nSPS) is 22.4. The van der Waals surface area contributed by atoms with Gasteiger partial charge in [0.05, 0.1) is 13.2 Å². The lowest BCUT2D eigenvalue weighted by molar-refractivity contribution is -0.132. The summed E-state index contributed by atoms with van der Waals surface area (Å²) in [7, 11) is 0. The number of rotatable bonds is 11. The van der Waals surface area contributed by atoms with Gasteiger partial charge in [-0.25, -0.2) is 0 Å². The molecule has 1 aliphatic carbocycles. The molecule has 0 aromatic carbocycles. The summed E-state index contributed by atoms with van der Waals surface area (Å²) in [4.78, 5) is 24.1. The van der Waals surface area contributed by atoms with Crippen LogP contribution in [0.15, 0.2) is 25.3 Å². The maximum Gasteiger partial charge on any atom is 0.249 e. The number of amides is 2. The lowest BCUT2D eigenvalue weighted by Gasteiger charge is -2.23. The number of hydrogen-bond donors (Lipinski definition) is 2. The lowest BCUT2D eigenvalue weighted by atomic mass is 10.0. The number of ether oxygens (including phenoxy) is 2. The highest BCUT2D eigenvalue weighted by atomic mass is 16.5. The first-order valence-corrected chi connectivity index (χ1v) is 8.52. The van der Waals surface area contributed by atoms with Gasteiger partial charge in [0.1, 0.15) is 12.2 Å². The van der Waals surface area contributed by atoms with Crippen LogP contribution in [-0.2, 0) is 19.1 Å². The van der Waals surface area contributed by atoms with E-state index in [1.807, 2.05) is 0 Å². The van der Waals surface area contributed by atoms with Crippen LogP contribution in [0, 0.1) is 5.92 Å². The Morgan fingerprint density at radius 2 is 1.67 bits per heavy atom. The van der Waals surface area contributed by atoms with Crippen LogP contribution in [0.2, 0.25) is 0 Å². The van der Waals surface area contributed by atoms with Crippen LogP contribution in [0.4, 0.5) is 0 Å². The smallest absolute Gasteiger partial charge is 0.249 e. The molecule has 2 amide bonds. The van der Waals surface area contributed by atoms with E-state index in [0.29, 0.717) is 19.8 Å². The third-order valence-electron chi connectivity index (χ3n) is 4.19. The molecule has 0 aliphatic heterocycles. The molecule has 1 aliphatic rings. The molecular weight excluding hydrogens is 308 g/mol. The highest BCUT2D eigenvalue weighted by Gasteiger charge is 2.30. The Hall–Kier alpha value is -1.66. The van der Waals surface area contributed by atoms with Gasteiger partial charge >= 0.3 is 0 Å². The fourth-order valence-electron chi connectivity index (χ4n) is 2.72. The Morgan fingerprint density at radius 3 is 2.25 bits per heavy atom. The molecule has 0 aromatic heterocycles. The van der Waals surface area contributed by atoms with Crippen molar-refractivity contribution in [2.75, 3.05) is 19.8 Å². The summed E-state index contributed by atoms with van der Waals surface area (Å²) >= 11 is 0. The summed E-state index contributed by atoms with van der Waals surface area (Å²) in [5.74, 6) is -0.0321. The molecule has 0 aromatic rings. The van der Waals surface area contributed by atoms with Crippen molar-refractivity contribution in [2.45, 2.75) is 51.4 Å². The van der Waals surface area contributed by atoms with Gasteiger partial charge in [0.15, 0.2) is 0 Å². The van der Waals surface area contributed by atoms with Crippen molar-refractivity contribution in [2.24, 2.45) is 5.92 Å². The van der Waals surface area contributed by atoms with Crippen LogP contribution in [0.1, 0.15) is 33.1 Å². The molecule has 0 bridgehead atoms. The maximum absolute atomic E-state index is 12.1. The first kappa shape index (κ1) is 20.4. The summed E-state index contributed by atoms with van der Waals surface area (Å²) in [6.45, 7) is 11.8. The van der Waals surface area contributed by atoms with Crippen molar-refractivity contribution in [3.63, 3.8) is 0 Å². The second kappa shape index (κ2) is 11.0. The predicted molar refractivity (Wildman–Crippen MR) is 93.5 cm³/mol. The maximum atomic E-state index is 12.1. The van der Waals surface area contributed by atoms with Crippen molar-refractivity contribution in [1.82, 2.24) is 10.6 Å². The number of hydrogen-bond acceptors (Lipinski definition) is 4. The highest BCUT2D eigenvalue weighted by Crippen LogP contribution is 2.25. The van der Waals surface area contributed by atoms with E-state index in [-0.39, 0.29) is 23.8 Å². The first-order valence-electron chi connectivity index (χ1n) is 8.52. The Balaban J connectivity index is 2.39. The Kier molecular flexibility index (Phi) is 9.34. The molecule has 1 fully saturated rings. The third-order valence-corrected chi connectivity index (χ3v) is 4.19. The second-order valence-corrected chi connectivity index (χ2v) is 6.08. The molecule has 0 radical (unpaired) electrons. The summed E-state index contributed by atoms with van der Waals surface area (Å²) in [5.41, 5.74) is 0. The third kappa shape index (κ3) is 6.84. The molecule has 2 N–H and O–H groups in total. The summed E-state index contributed by atoms with van der Waals surface area (Å²) in [5, 5.41) is 5.94. The summed E-state index contributed by atoms with van der Waals surface area (Å²) in [6.07, 6.45) is 5.15. The average molecular weight is 338 g/mol. The van der Waals surface area contributed by atoms with E-state index in [4.69, 9.17) is 9.47 Å². The minimum atomic E-state index is -0.509. The van der Waals surface area contributed by atoms with Gasteiger partial charge in [-0.05, 0) is 32.6 Å². The van der Waals surface area contributed by atoms with Crippen LogP contribution in [0.3, 0.4) is 0 Å². The van der Waals surface area contributed by atoms with Gasteiger partial charge in [-0.3, -0.25) is 9.59 Å². The fraction of sp³-hybridized carbons (Fsp3) is 0.667.